The van der Waals surface area contributed by atoms with Crippen molar-refractivity contribution >= 4 is 18.4 Å². The number of rotatable bonds is 2. The molecule has 0 radical (unpaired) electrons. The van der Waals surface area contributed by atoms with Crippen LogP contribution in [0.5, 0.6) is 0 Å². The molecule has 0 aliphatic heterocycles. The van der Waals surface area contributed by atoms with Gasteiger partial charge < -0.3 is 0 Å². The van der Waals surface area contributed by atoms with Gasteiger partial charge in [-0.25, -0.2) is 0 Å². The molecule has 0 aromatic heterocycles. The molecule has 7 heavy (non-hydrogen) atoms. The van der Waals surface area contributed by atoms with E-state index in [1.165, 1.54) is 6.08 Å². The van der Waals surface area contributed by atoms with Gasteiger partial charge in [0.1, 0.15) is 0 Å². The number of ketones is 1. The Balaban J connectivity index is 3.56. The summed E-state index contributed by atoms with van der Waals surface area (Å²) in [7, 11) is 0. The van der Waals surface area contributed by atoms with Crippen LogP contribution < -0.4 is 0 Å². The third-order valence-corrected chi connectivity index (χ3v) is 0.867. The zero-order valence-corrected chi connectivity index (χ0v) is 5.11. The maximum atomic E-state index is 10.3. The van der Waals surface area contributed by atoms with Crippen LogP contribution in [0, 0.1) is 0 Å². The molecule has 0 amide bonds. The van der Waals surface area contributed by atoms with Crippen molar-refractivity contribution in [2.75, 3.05) is 0 Å². The third kappa shape index (κ3) is 2.45. The van der Waals surface area contributed by atoms with Crippen LogP contribution in [0.15, 0.2) is 12.7 Å². The van der Waals surface area contributed by atoms with E-state index in [-0.39, 0.29) is 11.0 Å². The minimum absolute atomic E-state index is 0.0247. The van der Waals surface area contributed by atoms with Crippen molar-refractivity contribution < 1.29 is 4.79 Å². The van der Waals surface area contributed by atoms with E-state index in [0.717, 1.165) is 0 Å². The molecule has 0 N–H and O–H groups in total. The predicted molar refractivity (Wildman–Crippen MR) is 33.7 cm³/mol. The van der Waals surface area contributed by atoms with Gasteiger partial charge in [0.15, 0.2) is 5.78 Å². The summed E-state index contributed by atoms with van der Waals surface area (Å²) in [6, 6.07) is 0. The fraction of sp³-hybridized carbons (Fsp3) is 0.400. The lowest BCUT2D eigenvalue weighted by atomic mass is 10.3. The van der Waals surface area contributed by atoms with Gasteiger partial charge in [0, 0.05) is 0 Å². The second-order valence-electron chi connectivity index (χ2n) is 1.28. The molecule has 0 fully saturated rings. The van der Waals surface area contributed by atoms with Crippen molar-refractivity contribution in [3.05, 3.63) is 12.7 Å². The number of allylic oxidation sites excluding steroid dienone is 1. The highest BCUT2D eigenvalue weighted by Gasteiger charge is 1.99. The molecule has 0 spiro atoms. The Kier molecular flexibility index (Phi) is 2.76. The van der Waals surface area contributed by atoms with Gasteiger partial charge in [0.05, 0.1) is 5.25 Å². The smallest absolute Gasteiger partial charge is 0.167 e. The van der Waals surface area contributed by atoms with E-state index in [4.69, 9.17) is 0 Å². The first-order valence-electron chi connectivity index (χ1n) is 2.03. The number of thiol groups is 1. The fourth-order valence-electron chi connectivity index (χ4n) is 0.171. The van der Waals surface area contributed by atoms with Gasteiger partial charge in [-0.2, -0.15) is 12.6 Å². The highest BCUT2D eigenvalue weighted by atomic mass is 32.1. The molecule has 0 aliphatic carbocycles. The molecule has 0 aromatic rings. The molecular weight excluding hydrogens is 108 g/mol. The SMILES string of the molecule is C=CC(=O)C(C)S. The zero-order chi connectivity index (χ0) is 5.86. The molecule has 2 heteroatoms. The summed E-state index contributed by atoms with van der Waals surface area (Å²) >= 11 is 3.85. The topological polar surface area (TPSA) is 17.1 Å². The van der Waals surface area contributed by atoms with E-state index < -0.39 is 0 Å². The summed E-state index contributed by atoms with van der Waals surface area (Å²) in [5.74, 6) is -0.0247. The van der Waals surface area contributed by atoms with Crippen LogP contribution >= 0.6 is 12.6 Å². The molecule has 1 unspecified atom stereocenters. The van der Waals surface area contributed by atoms with Crippen molar-refractivity contribution in [2.45, 2.75) is 12.2 Å². The quantitative estimate of drug-likeness (QED) is 0.421. The molecule has 1 nitrogen and oxygen atoms in total. The largest absolute Gasteiger partial charge is 0.294 e. The lowest BCUT2D eigenvalue weighted by Crippen LogP contribution is -2.04. The van der Waals surface area contributed by atoms with Crippen LogP contribution in [0.2, 0.25) is 0 Å². The molecule has 0 heterocycles. The Morgan fingerprint density at radius 1 is 2.00 bits per heavy atom. The van der Waals surface area contributed by atoms with Gasteiger partial charge in [0.2, 0.25) is 0 Å². The average molecular weight is 116 g/mol. The predicted octanol–water partition coefficient (Wildman–Crippen LogP) is 1.06. The van der Waals surface area contributed by atoms with Crippen molar-refractivity contribution in [1.29, 1.82) is 0 Å². The molecule has 0 aromatic carbocycles. The third-order valence-electron chi connectivity index (χ3n) is 0.613. The highest BCUT2D eigenvalue weighted by molar-refractivity contribution is 7.81. The summed E-state index contributed by atoms with van der Waals surface area (Å²) in [6.45, 7) is 5.00. The van der Waals surface area contributed by atoms with E-state index in [1.807, 2.05) is 0 Å². The maximum Gasteiger partial charge on any atom is 0.167 e. The van der Waals surface area contributed by atoms with Gasteiger partial charge >= 0.3 is 0 Å². The van der Waals surface area contributed by atoms with Crippen LogP contribution in [0.1, 0.15) is 6.92 Å². The lowest BCUT2D eigenvalue weighted by Gasteiger charge is -1.91. The molecule has 0 saturated carbocycles. The Morgan fingerprint density at radius 3 is 2.43 bits per heavy atom. The van der Waals surface area contributed by atoms with Crippen LogP contribution in [0.25, 0.3) is 0 Å². The van der Waals surface area contributed by atoms with Crippen molar-refractivity contribution in [2.24, 2.45) is 0 Å². The summed E-state index contributed by atoms with van der Waals surface area (Å²) in [6.07, 6.45) is 1.28. The Bertz CT molecular complexity index is 86.1. The second-order valence-corrected chi connectivity index (χ2v) is 2.06. The summed E-state index contributed by atoms with van der Waals surface area (Å²) in [4.78, 5) is 10.3. The molecule has 0 rings (SSSR count). The molecule has 0 saturated heterocycles. The van der Waals surface area contributed by atoms with E-state index >= 15 is 0 Å². The van der Waals surface area contributed by atoms with E-state index in [2.05, 4.69) is 19.2 Å². The molecule has 1 atom stereocenters. The molecule has 0 bridgehead atoms. The van der Waals surface area contributed by atoms with Crippen molar-refractivity contribution in [3.63, 3.8) is 0 Å². The number of hydrogen-bond acceptors (Lipinski definition) is 2. The van der Waals surface area contributed by atoms with Gasteiger partial charge in [0.25, 0.3) is 0 Å². The van der Waals surface area contributed by atoms with Crippen LogP contribution in [-0.4, -0.2) is 11.0 Å². The van der Waals surface area contributed by atoms with Gasteiger partial charge in [-0.15, -0.1) is 0 Å². The minimum atomic E-state index is -0.197. The first-order valence-corrected chi connectivity index (χ1v) is 2.54. The van der Waals surface area contributed by atoms with Crippen LogP contribution in [0.3, 0.4) is 0 Å². The minimum Gasteiger partial charge on any atom is -0.294 e. The zero-order valence-electron chi connectivity index (χ0n) is 4.22. The van der Waals surface area contributed by atoms with Gasteiger partial charge in [-0.05, 0) is 13.0 Å². The first kappa shape index (κ1) is 6.76. The van der Waals surface area contributed by atoms with E-state index in [1.54, 1.807) is 6.92 Å². The van der Waals surface area contributed by atoms with Crippen LogP contribution in [-0.2, 0) is 4.79 Å². The monoisotopic (exact) mass is 116 g/mol. The Labute approximate surface area is 48.8 Å². The number of hydrogen-bond donors (Lipinski definition) is 1. The lowest BCUT2D eigenvalue weighted by molar-refractivity contribution is -0.113. The average Bonchev–Trinajstić information content (AvgIpc) is 1.65. The maximum absolute atomic E-state index is 10.3. The van der Waals surface area contributed by atoms with E-state index in [0.29, 0.717) is 0 Å². The molecule has 0 aliphatic rings. The number of carbonyl (C=O) groups excluding carboxylic acids is 1. The fourth-order valence-corrected chi connectivity index (χ4v) is 0.276. The molecule has 40 valence electrons. The summed E-state index contributed by atoms with van der Waals surface area (Å²) < 4.78 is 0. The normalized spacial score (nSPS) is 12.9. The van der Waals surface area contributed by atoms with Crippen molar-refractivity contribution in [3.8, 4) is 0 Å². The first-order chi connectivity index (χ1) is 3.18. The Morgan fingerprint density at radius 2 is 2.43 bits per heavy atom. The van der Waals surface area contributed by atoms with Gasteiger partial charge in [-0.3, -0.25) is 4.79 Å². The van der Waals surface area contributed by atoms with E-state index in [9.17, 15) is 4.79 Å². The van der Waals surface area contributed by atoms with Gasteiger partial charge in [-0.1, -0.05) is 6.58 Å². The summed E-state index contributed by atoms with van der Waals surface area (Å²) in [5.41, 5.74) is 0. The standard InChI is InChI=1S/C5H8OS/c1-3-5(6)4(2)7/h3-4,7H,1H2,2H3. The Hall–Kier alpha value is -0.240. The van der Waals surface area contributed by atoms with Crippen molar-refractivity contribution in [1.82, 2.24) is 0 Å². The molecular formula is C5H8OS. The van der Waals surface area contributed by atoms with Crippen LogP contribution in [0.4, 0.5) is 0 Å². The number of carbonyl (C=O) groups is 1. The highest BCUT2D eigenvalue weighted by Crippen LogP contribution is 1.92. The summed E-state index contributed by atoms with van der Waals surface area (Å²) in [5, 5.41) is -0.197. The second kappa shape index (κ2) is 2.86.